The van der Waals surface area contributed by atoms with Gasteiger partial charge < -0.3 is 15.7 Å². The van der Waals surface area contributed by atoms with Crippen molar-refractivity contribution in [2.45, 2.75) is 32.5 Å². The highest BCUT2D eigenvalue weighted by Gasteiger charge is 2.22. The number of pyridine rings is 1. The molecule has 1 unspecified atom stereocenters. The zero-order valence-electron chi connectivity index (χ0n) is 20.6. The van der Waals surface area contributed by atoms with Gasteiger partial charge in [-0.3, -0.25) is 24.8 Å². The van der Waals surface area contributed by atoms with Gasteiger partial charge >= 0.3 is 0 Å². The number of rotatable bonds is 9. The SMILES string of the molecule is CC(=NC(C(=O)NO)[C@@H](C)O)c1ccc(C#Cc2ccc(NC(=O)CNCc3ccncc3)cc2)cc1. The molecule has 0 radical (unpaired) electrons. The van der Waals surface area contributed by atoms with Crippen molar-refractivity contribution < 1.29 is 19.9 Å². The first-order chi connectivity index (χ1) is 17.9. The number of amides is 2. The summed E-state index contributed by atoms with van der Waals surface area (Å²) in [5.41, 5.74) is 6.15. The number of hydroxylamine groups is 1. The molecule has 190 valence electrons. The van der Waals surface area contributed by atoms with Crippen molar-refractivity contribution in [2.75, 3.05) is 11.9 Å². The van der Waals surface area contributed by atoms with Crippen molar-refractivity contribution in [1.82, 2.24) is 15.8 Å². The lowest BCUT2D eigenvalue weighted by Gasteiger charge is -2.14. The monoisotopic (exact) mass is 499 g/mol. The first-order valence-electron chi connectivity index (χ1n) is 11.6. The van der Waals surface area contributed by atoms with Gasteiger partial charge in [0.25, 0.3) is 5.91 Å². The van der Waals surface area contributed by atoms with Crippen LogP contribution in [-0.2, 0) is 16.1 Å². The quantitative estimate of drug-likeness (QED) is 0.133. The van der Waals surface area contributed by atoms with E-state index in [1.807, 2.05) is 48.5 Å². The number of carbonyl (C=O) groups is 2. The fourth-order valence-electron chi connectivity index (χ4n) is 3.34. The minimum atomic E-state index is -1.11. The number of nitrogens with one attached hydrogen (secondary N) is 3. The maximum atomic E-state index is 12.1. The molecule has 1 heterocycles. The maximum Gasteiger partial charge on any atom is 0.270 e. The van der Waals surface area contributed by atoms with Crippen LogP contribution in [0.15, 0.2) is 78.0 Å². The number of aliphatic hydroxyl groups excluding tert-OH is 1. The first-order valence-corrected chi connectivity index (χ1v) is 11.6. The number of benzene rings is 2. The van der Waals surface area contributed by atoms with Crippen LogP contribution in [0.5, 0.6) is 0 Å². The summed E-state index contributed by atoms with van der Waals surface area (Å²) in [6.07, 6.45) is 2.37. The summed E-state index contributed by atoms with van der Waals surface area (Å²) in [6.45, 7) is 3.93. The van der Waals surface area contributed by atoms with Crippen LogP contribution in [-0.4, -0.2) is 51.5 Å². The molecule has 0 aliphatic heterocycles. The number of aliphatic imine (C=N–C) groups is 1. The molecule has 0 saturated heterocycles. The van der Waals surface area contributed by atoms with Gasteiger partial charge in [0.15, 0.2) is 6.04 Å². The number of aliphatic hydroxyl groups is 1. The van der Waals surface area contributed by atoms with Crippen molar-refractivity contribution >= 4 is 23.2 Å². The van der Waals surface area contributed by atoms with Crippen LogP contribution in [0.3, 0.4) is 0 Å². The highest BCUT2D eigenvalue weighted by Crippen LogP contribution is 2.11. The Hall–Kier alpha value is -4.36. The van der Waals surface area contributed by atoms with Gasteiger partial charge in [-0.05, 0) is 73.5 Å². The number of hydrogen-bond donors (Lipinski definition) is 5. The summed E-state index contributed by atoms with van der Waals surface area (Å²) in [7, 11) is 0. The predicted molar refractivity (Wildman–Crippen MR) is 141 cm³/mol. The van der Waals surface area contributed by atoms with Crippen LogP contribution >= 0.6 is 0 Å². The Morgan fingerprint density at radius 1 is 0.973 bits per heavy atom. The second-order valence-electron chi connectivity index (χ2n) is 8.29. The first kappa shape index (κ1) is 27.2. The Bertz CT molecular complexity index is 1280. The molecular weight excluding hydrogens is 470 g/mol. The molecule has 3 rings (SSSR count). The molecule has 0 aliphatic rings. The summed E-state index contributed by atoms with van der Waals surface area (Å²) in [6, 6.07) is 17.2. The highest BCUT2D eigenvalue weighted by atomic mass is 16.5. The van der Waals surface area contributed by atoms with Crippen LogP contribution in [0.2, 0.25) is 0 Å². The van der Waals surface area contributed by atoms with Crippen LogP contribution in [0, 0.1) is 11.8 Å². The van der Waals surface area contributed by atoms with E-state index < -0.39 is 18.1 Å². The molecule has 0 spiro atoms. The van der Waals surface area contributed by atoms with Crippen molar-refractivity contribution in [3.8, 4) is 11.8 Å². The topological polar surface area (TPSA) is 136 Å². The molecule has 2 amide bonds. The smallest absolute Gasteiger partial charge is 0.270 e. The molecule has 5 N–H and O–H groups in total. The number of anilines is 1. The van der Waals surface area contributed by atoms with E-state index in [1.54, 1.807) is 31.5 Å². The van der Waals surface area contributed by atoms with E-state index >= 15 is 0 Å². The van der Waals surface area contributed by atoms with Gasteiger partial charge in [0, 0.05) is 41.5 Å². The van der Waals surface area contributed by atoms with Crippen molar-refractivity contribution in [2.24, 2.45) is 4.99 Å². The Labute approximate surface area is 215 Å². The standard InChI is InChI=1S/C28H29N5O4/c1-19(31-27(20(2)34)28(36)33-37)24-9-5-21(6-10-24)3-4-22-7-11-25(12-8-22)32-26(35)18-30-17-23-13-15-29-16-14-23/h5-16,20,27,30,34,37H,17-18H2,1-2H3,(H,32,35)(H,33,36)/t20-,27?/m1/s1. The van der Waals surface area contributed by atoms with Crippen LogP contribution in [0.25, 0.3) is 0 Å². The normalized spacial score (nSPS) is 12.6. The van der Waals surface area contributed by atoms with Crippen LogP contribution in [0.1, 0.15) is 36.1 Å². The minimum absolute atomic E-state index is 0.136. The van der Waals surface area contributed by atoms with E-state index in [2.05, 4.69) is 32.5 Å². The molecule has 9 nitrogen and oxygen atoms in total. The average Bonchev–Trinajstić information content (AvgIpc) is 2.91. The molecule has 0 fully saturated rings. The summed E-state index contributed by atoms with van der Waals surface area (Å²) >= 11 is 0. The number of hydrogen-bond acceptors (Lipinski definition) is 7. The second-order valence-corrected chi connectivity index (χ2v) is 8.29. The molecule has 9 heteroatoms. The van der Waals surface area contributed by atoms with E-state index in [0.29, 0.717) is 17.9 Å². The van der Waals surface area contributed by atoms with E-state index in [1.165, 1.54) is 12.4 Å². The predicted octanol–water partition coefficient (Wildman–Crippen LogP) is 2.27. The largest absolute Gasteiger partial charge is 0.391 e. The fourth-order valence-corrected chi connectivity index (χ4v) is 3.34. The Kier molecular flexibility index (Phi) is 10.0. The molecule has 37 heavy (non-hydrogen) atoms. The van der Waals surface area contributed by atoms with Gasteiger partial charge in [-0.2, -0.15) is 0 Å². The third-order valence-electron chi connectivity index (χ3n) is 5.36. The van der Waals surface area contributed by atoms with Gasteiger partial charge in [-0.15, -0.1) is 0 Å². The van der Waals surface area contributed by atoms with E-state index in [-0.39, 0.29) is 12.5 Å². The van der Waals surface area contributed by atoms with Crippen LogP contribution < -0.4 is 16.1 Å². The molecule has 3 aromatic rings. The number of nitrogens with zero attached hydrogens (tertiary/aromatic N) is 2. The molecule has 1 aromatic heterocycles. The lowest BCUT2D eigenvalue weighted by Crippen LogP contribution is -2.38. The fraction of sp³-hybridized carbons (Fsp3) is 0.214. The molecule has 0 saturated carbocycles. The van der Waals surface area contributed by atoms with Gasteiger partial charge in [0.1, 0.15) is 0 Å². The Morgan fingerprint density at radius 2 is 1.57 bits per heavy atom. The highest BCUT2D eigenvalue weighted by molar-refractivity contribution is 6.00. The lowest BCUT2D eigenvalue weighted by molar-refractivity contribution is -0.132. The summed E-state index contributed by atoms with van der Waals surface area (Å²) in [5, 5.41) is 24.5. The summed E-state index contributed by atoms with van der Waals surface area (Å²) in [5.74, 6) is 5.26. The van der Waals surface area contributed by atoms with Gasteiger partial charge in [-0.1, -0.05) is 24.0 Å². The Balaban J connectivity index is 1.54. The zero-order chi connectivity index (χ0) is 26.6. The zero-order valence-corrected chi connectivity index (χ0v) is 20.6. The van der Waals surface area contributed by atoms with Crippen molar-refractivity contribution in [3.63, 3.8) is 0 Å². The number of aromatic nitrogens is 1. The van der Waals surface area contributed by atoms with E-state index in [9.17, 15) is 14.7 Å². The summed E-state index contributed by atoms with van der Waals surface area (Å²) in [4.78, 5) is 32.0. The second kappa shape index (κ2) is 13.7. The van der Waals surface area contributed by atoms with E-state index in [0.717, 1.165) is 22.3 Å². The Morgan fingerprint density at radius 3 is 2.14 bits per heavy atom. The lowest BCUT2D eigenvalue weighted by atomic mass is 10.1. The van der Waals surface area contributed by atoms with E-state index in [4.69, 9.17) is 5.21 Å². The maximum absolute atomic E-state index is 12.1. The summed E-state index contributed by atoms with van der Waals surface area (Å²) < 4.78 is 0. The molecule has 2 atom stereocenters. The van der Waals surface area contributed by atoms with Gasteiger partial charge in [0.05, 0.1) is 12.6 Å². The van der Waals surface area contributed by atoms with Crippen molar-refractivity contribution in [3.05, 3.63) is 95.3 Å². The molecule has 0 bridgehead atoms. The average molecular weight is 500 g/mol. The third-order valence-corrected chi connectivity index (χ3v) is 5.36. The molecule has 0 aliphatic carbocycles. The van der Waals surface area contributed by atoms with Gasteiger partial charge in [0.2, 0.25) is 5.91 Å². The molecule has 2 aromatic carbocycles. The third kappa shape index (κ3) is 8.66. The molecular formula is C28H29N5O4. The van der Waals surface area contributed by atoms with Crippen molar-refractivity contribution in [1.29, 1.82) is 0 Å². The van der Waals surface area contributed by atoms with Gasteiger partial charge in [-0.25, -0.2) is 5.48 Å². The number of carbonyl (C=O) groups excluding carboxylic acids is 2. The minimum Gasteiger partial charge on any atom is -0.391 e. The van der Waals surface area contributed by atoms with Crippen LogP contribution in [0.4, 0.5) is 5.69 Å².